The number of aliphatic imine (C=N–C) groups is 1. The quantitative estimate of drug-likeness (QED) is 0.247. The van der Waals surface area contributed by atoms with Crippen molar-refractivity contribution in [1.29, 1.82) is 0 Å². The number of hydrogen-bond donors (Lipinski definition) is 1. The molecule has 156 valence electrons. The van der Waals surface area contributed by atoms with E-state index in [0.717, 1.165) is 0 Å². The lowest BCUT2D eigenvalue weighted by molar-refractivity contribution is -0.384. The molecule has 0 fully saturated rings. The second kappa shape index (κ2) is 8.45. The summed E-state index contributed by atoms with van der Waals surface area (Å²) in [7, 11) is 0. The highest BCUT2D eigenvalue weighted by Crippen LogP contribution is 2.36. The molecule has 0 aliphatic carbocycles. The van der Waals surface area contributed by atoms with Crippen LogP contribution in [-0.2, 0) is 0 Å². The zero-order valence-electron chi connectivity index (χ0n) is 16.4. The molecular weight excluding hydrogens is 420 g/mol. The van der Waals surface area contributed by atoms with Crippen LogP contribution in [0.15, 0.2) is 65.8 Å². The van der Waals surface area contributed by atoms with Crippen LogP contribution in [0.4, 0.5) is 11.5 Å². The molecule has 0 spiro atoms. The summed E-state index contributed by atoms with van der Waals surface area (Å²) in [5.74, 6) is 0.878. The third-order valence-corrected chi connectivity index (χ3v) is 4.90. The molecule has 9 heteroatoms. The van der Waals surface area contributed by atoms with Crippen LogP contribution in [0.3, 0.4) is 0 Å². The molecule has 31 heavy (non-hydrogen) atoms. The average molecular weight is 437 g/mol. The fourth-order valence-electron chi connectivity index (χ4n) is 3.11. The first-order valence-corrected chi connectivity index (χ1v) is 9.77. The van der Waals surface area contributed by atoms with Gasteiger partial charge in [-0.05, 0) is 43.3 Å². The molecule has 0 aliphatic heterocycles. The number of benzene rings is 2. The predicted molar refractivity (Wildman–Crippen MR) is 119 cm³/mol. The van der Waals surface area contributed by atoms with E-state index in [0.29, 0.717) is 45.7 Å². The average Bonchev–Trinajstić information content (AvgIpc) is 3.13. The van der Waals surface area contributed by atoms with E-state index in [9.17, 15) is 15.2 Å². The molecule has 0 amide bonds. The Morgan fingerprint density at radius 3 is 2.87 bits per heavy atom. The van der Waals surface area contributed by atoms with E-state index >= 15 is 0 Å². The lowest BCUT2D eigenvalue weighted by Crippen LogP contribution is -1.93. The van der Waals surface area contributed by atoms with Crippen LogP contribution in [-0.4, -0.2) is 32.2 Å². The maximum atomic E-state index is 11.1. The zero-order chi connectivity index (χ0) is 22.0. The van der Waals surface area contributed by atoms with Crippen molar-refractivity contribution in [3.63, 3.8) is 0 Å². The summed E-state index contributed by atoms with van der Waals surface area (Å²) in [4.78, 5) is 19.8. The summed E-state index contributed by atoms with van der Waals surface area (Å²) < 4.78 is 7.28. The van der Waals surface area contributed by atoms with Gasteiger partial charge in [0.25, 0.3) is 5.69 Å². The third kappa shape index (κ3) is 4.06. The van der Waals surface area contributed by atoms with E-state index < -0.39 is 4.92 Å². The van der Waals surface area contributed by atoms with E-state index in [4.69, 9.17) is 16.3 Å². The number of halogens is 1. The second-order valence-corrected chi connectivity index (χ2v) is 6.96. The van der Waals surface area contributed by atoms with Gasteiger partial charge in [-0.3, -0.25) is 14.5 Å². The van der Waals surface area contributed by atoms with Crippen molar-refractivity contribution in [1.82, 2.24) is 9.38 Å². The molecule has 0 aliphatic rings. The summed E-state index contributed by atoms with van der Waals surface area (Å²) in [5.41, 5.74) is 2.26. The minimum absolute atomic E-state index is 0.0304. The molecule has 2 aromatic carbocycles. The first kappa shape index (κ1) is 20.4. The van der Waals surface area contributed by atoms with Crippen LogP contribution in [0.25, 0.3) is 16.9 Å². The largest absolute Gasteiger partial charge is 0.504 e. The van der Waals surface area contributed by atoms with Crippen LogP contribution in [0, 0.1) is 10.1 Å². The van der Waals surface area contributed by atoms with Gasteiger partial charge in [0.05, 0.1) is 11.5 Å². The normalized spacial score (nSPS) is 11.3. The number of nitro groups is 1. The fraction of sp³-hybridized carbons (Fsp3) is 0.0909. The summed E-state index contributed by atoms with van der Waals surface area (Å²) in [6, 6.07) is 14.7. The van der Waals surface area contributed by atoms with Gasteiger partial charge in [0.15, 0.2) is 17.3 Å². The maximum absolute atomic E-state index is 11.1. The number of aromatic nitrogens is 2. The van der Waals surface area contributed by atoms with Crippen molar-refractivity contribution in [3.8, 4) is 22.8 Å². The molecule has 0 saturated heterocycles. The maximum Gasteiger partial charge on any atom is 0.270 e. The number of fused-ring (bicyclic) bond motifs is 1. The standard InChI is InChI=1S/C22H17ClN4O4/c1-2-31-19-12-14(6-9-18(19)28)21-22(26-10-4-3-5-20(26)25-21)24-13-15-11-16(27(29)30)7-8-17(15)23/h3-13,28H,2H2,1H3/b24-13+. The van der Waals surface area contributed by atoms with Crippen molar-refractivity contribution in [2.24, 2.45) is 4.99 Å². The minimum Gasteiger partial charge on any atom is -0.504 e. The lowest BCUT2D eigenvalue weighted by Gasteiger charge is -2.07. The topological polar surface area (TPSA) is 102 Å². The Kier molecular flexibility index (Phi) is 5.55. The summed E-state index contributed by atoms with van der Waals surface area (Å²) in [5, 5.41) is 21.5. The third-order valence-electron chi connectivity index (χ3n) is 4.55. The number of nitro benzene ring substituents is 1. The Bertz CT molecular complexity index is 1320. The Morgan fingerprint density at radius 2 is 2.10 bits per heavy atom. The summed E-state index contributed by atoms with van der Waals surface area (Å²) >= 11 is 6.21. The van der Waals surface area contributed by atoms with Crippen LogP contribution in [0.5, 0.6) is 11.5 Å². The monoisotopic (exact) mass is 436 g/mol. The summed E-state index contributed by atoms with van der Waals surface area (Å²) in [6.07, 6.45) is 3.29. The number of nitrogens with zero attached hydrogens (tertiary/aromatic N) is 4. The molecule has 0 bridgehead atoms. The van der Waals surface area contributed by atoms with E-state index in [-0.39, 0.29) is 11.4 Å². The number of ether oxygens (including phenoxy) is 1. The van der Waals surface area contributed by atoms with Gasteiger partial charge >= 0.3 is 0 Å². The van der Waals surface area contributed by atoms with Crippen molar-refractivity contribution in [2.75, 3.05) is 6.61 Å². The minimum atomic E-state index is -0.487. The number of phenolic OH excluding ortho intramolecular Hbond substituents is 1. The number of pyridine rings is 1. The Balaban J connectivity index is 1.85. The number of imidazole rings is 1. The van der Waals surface area contributed by atoms with Crippen LogP contribution in [0.1, 0.15) is 12.5 Å². The van der Waals surface area contributed by atoms with Gasteiger partial charge in [-0.15, -0.1) is 0 Å². The van der Waals surface area contributed by atoms with Crippen LogP contribution < -0.4 is 4.74 Å². The molecule has 2 heterocycles. The number of hydrogen-bond acceptors (Lipinski definition) is 6. The molecule has 0 atom stereocenters. The molecule has 0 radical (unpaired) electrons. The smallest absolute Gasteiger partial charge is 0.270 e. The van der Waals surface area contributed by atoms with Gasteiger partial charge in [0.2, 0.25) is 0 Å². The van der Waals surface area contributed by atoms with Crippen molar-refractivity contribution in [3.05, 3.63) is 81.5 Å². The van der Waals surface area contributed by atoms with Crippen LogP contribution in [0.2, 0.25) is 5.02 Å². The van der Waals surface area contributed by atoms with Gasteiger partial charge in [-0.2, -0.15) is 0 Å². The zero-order valence-corrected chi connectivity index (χ0v) is 17.2. The van der Waals surface area contributed by atoms with Gasteiger partial charge < -0.3 is 9.84 Å². The van der Waals surface area contributed by atoms with E-state index in [1.54, 1.807) is 16.5 Å². The first-order chi connectivity index (χ1) is 15.0. The van der Waals surface area contributed by atoms with E-state index in [2.05, 4.69) is 9.98 Å². The highest BCUT2D eigenvalue weighted by atomic mass is 35.5. The summed E-state index contributed by atoms with van der Waals surface area (Å²) in [6.45, 7) is 2.23. The number of phenols is 1. The van der Waals surface area contributed by atoms with Crippen molar-refractivity contribution in [2.45, 2.75) is 6.92 Å². The SMILES string of the molecule is CCOc1cc(-c2nc3ccccn3c2/N=C/c2cc([N+](=O)[O-])ccc2Cl)ccc1O. The molecule has 2 aromatic heterocycles. The number of non-ortho nitro benzene ring substituents is 1. The fourth-order valence-corrected chi connectivity index (χ4v) is 3.27. The molecule has 8 nitrogen and oxygen atoms in total. The number of rotatable bonds is 6. The van der Waals surface area contributed by atoms with Gasteiger partial charge in [0, 0.05) is 40.7 Å². The lowest BCUT2D eigenvalue weighted by atomic mass is 10.1. The van der Waals surface area contributed by atoms with Crippen LogP contribution >= 0.6 is 11.6 Å². The second-order valence-electron chi connectivity index (χ2n) is 6.55. The van der Waals surface area contributed by atoms with Gasteiger partial charge in [-0.25, -0.2) is 9.98 Å². The first-order valence-electron chi connectivity index (χ1n) is 9.39. The molecular formula is C22H17ClN4O4. The predicted octanol–water partition coefficient (Wildman–Crippen LogP) is 5.42. The van der Waals surface area contributed by atoms with E-state index in [1.807, 2.05) is 31.3 Å². The molecule has 4 aromatic rings. The highest BCUT2D eigenvalue weighted by molar-refractivity contribution is 6.33. The molecule has 0 unspecified atom stereocenters. The number of aromatic hydroxyl groups is 1. The highest BCUT2D eigenvalue weighted by Gasteiger charge is 2.16. The van der Waals surface area contributed by atoms with Crippen molar-refractivity contribution < 1.29 is 14.8 Å². The van der Waals surface area contributed by atoms with Gasteiger partial charge in [-0.1, -0.05) is 17.7 Å². The van der Waals surface area contributed by atoms with E-state index in [1.165, 1.54) is 30.5 Å². The molecule has 4 rings (SSSR count). The Labute approximate surface area is 182 Å². The molecule has 1 N–H and O–H groups in total. The van der Waals surface area contributed by atoms with Crippen molar-refractivity contribution >= 4 is 35.0 Å². The van der Waals surface area contributed by atoms with Gasteiger partial charge in [0.1, 0.15) is 11.3 Å². The Hall–Kier alpha value is -3.91. The Morgan fingerprint density at radius 1 is 1.26 bits per heavy atom. The molecule has 0 saturated carbocycles.